The summed E-state index contributed by atoms with van der Waals surface area (Å²) in [6, 6.07) is 12.4. The number of aromatic hydroxyl groups is 1. The highest BCUT2D eigenvalue weighted by atomic mass is 16.5. The molecule has 1 aromatic heterocycles. The quantitative estimate of drug-likeness (QED) is 0.695. The second kappa shape index (κ2) is 4.74. The van der Waals surface area contributed by atoms with E-state index in [2.05, 4.69) is 4.98 Å². The van der Waals surface area contributed by atoms with E-state index in [0.717, 1.165) is 22.0 Å². The Labute approximate surface area is 116 Å². The van der Waals surface area contributed by atoms with Crippen LogP contribution in [-0.4, -0.2) is 10.1 Å². The number of hydrogen-bond donors (Lipinski definition) is 2. The molecule has 0 aliphatic heterocycles. The molecule has 2 aromatic carbocycles. The van der Waals surface area contributed by atoms with E-state index < -0.39 is 0 Å². The van der Waals surface area contributed by atoms with Gasteiger partial charge in [-0.25, -0.2) is 4.98 Å². The Balaban J connectivity index is 2.05. The number of anilines is 1. The third kappa shape index (κ3) is 2.23. The van der Waals surface area contributed by atoms with Gasteiger partial charge >= 0.3 is 0 Å². The molecule has 3 N–H and O–H groups in total. The largest absolute Gasteiger partial charge is 0.508 e. The first-order valence-corrected chi connectivity index (χ1v) is 6.25. The third-order valence-corrected chi connectivity index (χ3v) is 3.17. The average Bonchev–Trinajstić information content (AvgIpc) is 2.44. The van der Waals surface area contributed by atoms with Gasteiger partial charge in [-0.15, -0.1) is 0 Å². The van der Waals surface area contributed by atoms with Crippen LogP contribution in [0.3, 0.4) is 0 Å². The lowest BCUT2D eigenvalue weighted by molar-refractivity contribution is 0.465. The van der Waals surface area contributed by atoms with E-state index >= 15 is 0 Å². The molecule has 3 aromatic rings. The molecule has 0 saturated carbocycles. The Morgan fingerprint density at radius 2 is 1.95 bits per heavy atom. The van der Waals surface area contributed by atoms with Crippen LogP contribution in [0.4, 0.5) is 5.69 Å². The Morgan fingerprint density at radius 1 is 1.10 bits per heavy atom. The molecule has 4 nitrogen and oxygen atoms in total. The van der Waals surface area contributed by atoms with E-state index in [1.165, 1.54) is 0 Å². The number of nitrogens with two attached hydrogens (primary N) is 1. The molecule has 3 rings (SSSR count). The van der Waals surface area contributed by atoms with Crippen molar-refractivity contribution in [3.63, 3.8) is 0 Å². The molecular formula is C16H14N2O2. The van der Waals surface area contributed by atoms with E-state index in [1.54, 1.807) is 30.5 Å². The van der Waals surface area contributed by atoms with Gasteiger partial charge < -0.3 is 15.6 Å². The smallest absolute Gasteiger partial charge is 0.227 e. The predicted octanol–water partition coefficient (Wildman–Crippen LogP) is 3.62. The van der Waals surface area contributed by atoms with Crippen molar-refractivity contribution in [2.45, 2.75) is 6.92 Å². The van der Waals surface area contributed by atoms with E-state index in [9.17, 15) is 5.11 Å². The minimum Gasteiger partial charge on any atom is -0.508 e. The van der Waals surface area contributed by atoms with Crippen molar-refractivity contribution in [2.24, 2.45) is 0 Å². The number of rotatable bonds is 2. The van der Waals surface area contributed by atoms with Gasteiger partial charge in [-0.3, -0.25) is 0 Å². The zero-order valence-corrected chi connectivity index (χ0v) is 11.0. The first kappa shape index (κ1) is 12.3. The van der Waals surface area contributed by atoms with E-state index in [0.29, 0.717) is 11.6 Å². The summed E-state index contributed by atoms with van der Waals surface area (Å²) in [4.78, 5) is 4.23. The summed E-state index contributed by atoms with van der Waals surface area (Å²) in [6.45, 7) is 1.92. The summed E-state index contributed by atoms with van der Waals surface area (Å²) in [5, 5.41) is 11.3. The predicted molar refractivity (Wildman–Crippen MR) is 79.1 cm³/mol. The Hall–Kier alpha value is -2.75. The van der Waals surface area contributed by atoms with Crippen LogP contribution < -0.4 is 10.5 Å². The highest BCUT2D eigenvalue weighted by Crippen LogP contribution is 2.31. The fourth-order valence-corrected chi connectivity index (χ4v) is 2.03. The minimum atomic E-state index is 0.184. The molecule has 0 spiro atoms. The number of nitrogen functional groups attached to an aromatic ring is 1. The number of aromatic nitrogens is 1. The second-order valence-electron chi connectivity index (χ2n) is 4.64. The van der Waals surface area contributed by atoms with Gasteiger partial charge in [-0.1, -0.05) is 6.07 Å². The summed E-state index contributed by atoms with van der Waals surface area (Å²) in [7, 11) is 0. The lowest BCUT2D eigenvalue weighted by Crippen LogP contribution is -1.92. The SMILES string of the molecule is Cc1cc(Oc2nccc3ccc(O)cc23)ccc1N. The summed E-state index contributed by atoms with van der Waals surface area (Å²) in [5.74, 6) is 1.31. The molecular weight excluding hydrogens is 252 g/mol. The van der Waals surface area contributed by atoms with Crippen molar-refractivity contribution < 1.29 is 9.84 Å². The van der Waals surface area contributed by atoms with Crippen LogP contribution in [0.1, 0.15) is 5.56 Å². The van der Waals surface area contributed by atoms with Gasteiger partial charge in [-0.05, 0) is 54.3 Å². The van der Waals surface area contributed by atoms with Gasteiger partial charge in [-0.2, -0.15) is 0 Å². The number of ether oxygens (including phenoxy) is 1. The lowest BCUT2D eigenvalue weighted by Gasteiger charge is -2.09. The van der Waals surface area contributed by atoms with Crippen molar-refractivity contribution in [1.29, 1.82) is 0 Å². The van der Waals surface area contributed by atoms with Gasteiger partial charge in [0.1, 0.15) is 11.5 Å². The van der Waals surface area contributed by atoms with Crippen LogP contribution in [0.5, 0.6) is 17.4 Å². The monoisotopic (exact) mass is 266 g/mol. The summed E-state index contributed by atoms with van der Waals surface area (Å²) in [5.41, 5.74) is 7.46. The molecule has 0 aliphatic rings. The zero-order valence-electron chi connectivity index (χ0n) is 11.0. The van der Waals surface area contributed by atoms with Gasteiger partial charge in [0.15, 0.2) is 0 Å². The molecule has 0 unspecified atom stereocenters. The Kier molecular flexibility index (Phi) is 2.91. The van der Waals surface area contributed by atoms with Crippen molar-refractivity contribution in [3.8, 4) is 17.4 Å². The number of aryl methyl sites for hydroxylation is 1. The fourth-order valence-electron chi connectivity index (χ4n) is 2.03. The minimum absolute atomic E-state index is 0.184. The van der Waals surface area contributed by atoms with Gasteiger partial charge in [0.2, 0.25) is 5.88 Å². The number of hydrogen-bond acceptors (Lipinski definition) is 4. The van der Waals surface area contributed by atoms with Crippen LogP contribution in [-0.2, 0) is 0 Å². The van der Waals surface area contributed by atoms with Crippen molar-refractivity contribution in [3.05, 3.63) is 54.2 Å². The first-order chi connectivity index (χ1) is 9.63. The lowest BCUT2D eigenvalue weighted by atomic mass is 10.1. The number of benzene rings is 2. The number of fused-ring (bicyclic) bond motifs is 1. The molecule has 0 saturated heterocycles. The molecule has 0 bridgehead atoms. The number of pyridine rings is 1. The molecule has 0 amide bonds. The molecule has 0 radical (unpaired) electrons. The second-order valence-corrected chi connectivity index (χ2v) is 4.64. The average molecular weight is 266 g/mol. The maximum Gasteiger partial charge on any atom is 0.227 e. The highest BCUT2D eigenvalue weighted by molar-refractivity contribution is 5.88. The summed E-state index contributed by atoms with van der Waals surface area (Å²) in [6.07, 6.45) is 1.68. The first-order valence-electron chi connectivity index (χ1n) is 6.25. The third-order valence-electron chi connectivity index (χ3n) is 3.17. The van der Waals surface area contributed by atoms with Crippen LogP contribution in [0.2, 0.25) is 0 Å². The van der Waals surface area contributed by atoms with E-state index in [4.69, 9.17) is 10.5 Å². The molecule has 0 atom stereocenters. The maximum absolute atomic E-state index is 9.60. The Morgan fingerprint density at radius 3 is 2.75 bits per heavy atom. The van der Waals surface area contributed by atoms with Crippen molar-refractivity contribution in [2.75, 3.05) is 5.73 Å². The van der Waals surface area contributed by atoms with Crippen LogP contribution in [0.15, 0.2) is 48.7 Å². The summed E-state index contributed by atoms with van der Waals surface area (Å²) < 4.78 is 5.80. The van der Waals surface area contributed by atoms with Crippen LogP contribution in [0, 0.1) is 6.92 Å². The van der Waals surface area contributed by atoms with E-state index in [1.807, 2.05) is 25.1 Å². The Bertz CT molecular complexity index is 785. The molecule has 4 heteroatoms. The van der Waals surface area contributed by atoms with Crippen LogP contribution >= 0.6 is 0 Å². The number of phenolic OH excluding ortho intramolecular Hbond substituents is 1. The van der Waals surface area contributed by atoms with Crippen LogP contribution in [0.25, 0.3) is 10.8 Å². The molecule has 0 aliphatic carbocycles. The summed E-state index contributed by atoms with van der Waals surface area (Å²) >= 11 is 0. The fraction of sp³-hybridized carbons (Fsp3) is 0.0625. The zero-order chi connectivity index (χ0) is 14.1. The maximum atomic E-state index is 9.60. The normalized spacial score (nSPS) is 10.7. The van der Waals surface area contributed by atoms with Gasteiger partial charge in [0.05, 0.1) is 0 Å². The van der Waals surface area contributed by atoms with Crippen molar-refractivity contribution >= 4 is 16.5 Å². The standard InChI is InChI=1S/C16H14N2O2/c1-10-8-13(4-5-15(10)17)20-16-14-9-12(19)3-2-11(14)6-7-18-16/h2-9,19H,17H2,1H3. The number of nitrogens with zero attached hydrogens (tertiary/aromatic N) is 1. The molecule has 0 fully saturated rings. The molecule has 1 heterocycles. The van der Waals surface area contributed by atoms with Gasteiger partial charge in [0, 0.05) is 17.3 Å². The topological polar surface area (TPSA) is 68.4 Å². The van der Waals surface area contributed by atoms with E-state index in [-0.39, 0.29) is 5.75 Å². The molecule has 100 valence electrons. The number of phenols is 1. The van der Waals surface area contributed by atoms with Crippen molar-refractivity contribution in [1.82, 2.24) is 4.98 Å². The highest BCUT2D eigenvalue weighted by Gasteiger charge is 2.07. The van der Waals surface area contributed by atoms with Gasteiger partial charge in [0.25, 0.3) is 0 Å². The molecule has 20 heavy (non-hydrogen) atoms.